The van der Waals surface area contributed by atoms with Crippen LogP contribution in [0.15, 0.2) is 42.5 Å². The molecule has 2 aromatic rings. The molecule has 33 heavy (non-hydrogen) atoms. The summed E-state index contributed by atoms with van der Waals surface area (Å²) in [5.41, 5.74) is 1.23. The second-order valence-electron chi connectivity index (χ2n) is 7.81. The van der Waals surface area contributed by atoms with Crippen LogP contribution >= 0.6 is 0 Å². The van der Waals surface area contributed by atoms with Gasteiger partial charge in [0.1, 0.15) is 11.5 Å². The normalized spacial score (nSPS) is 10.4. The van der Waals surface area contributed by atoms with Crippen molar-refractivity contribution in [2.24, 2.45) is 0 Å². The molecule has 2 aromatic carbocycles. The molecule has 0 heterocycles. The fourth-order valence-corrected chi connectivity index (χ4v) is 3.44. The first-order chi connectivity index (χ1) is 16.1. The maximum atomic E-state index is 12.6. The van der Waals surface area contributed by atoms with Gasteiger partial charge in [-0.1, -0.05) is 64.0 Å². The van der Waals surface area contributed by atoms with Crippen molar-refractivity contribution >= 4 is 23.4 Å². The zero-order chi connectivity index (χ0) is 23.9. The third-order valence-electron chi connectivity index (χ3n) is 5.26. The summed E-state index contributed by atoms with van der Waals surface area (Å²) < 4.78 is 15.9. The molecular formula is C26H36N2O5. The predicted octanol–water partition coefficient (Wildman–Crippen LogP) is 6.65. The van der Waals surface area contributed by atoms with Gasteiger partial charge in [0.05, 0.1) is 37.8 Å². The monoisotopic (exact) mass is 456 g/mol. The molecule has 0 aliphatic carbocycles. The third kappa shape index (κ3) is 9.04. The van der Waals surface area contributed by atoms with Crippen molar-refractivity contribution in [3.05, 3.63) is 48.0 Å². The van der Waals surface area contributed by atoms with Gasteiger partial charge in [-0.05, 0) is 36.8 Å². The van der Waals surface area contributed by atoms with Gasteiger partial charge >= 0.3 is 12.0 Å². The number of para-hydroxylation sites is 2. The second-order valence-corrected chi connectivity index (χ2v) is 7.81. The number of urea groups is 1. The highest BCUT2D eigenvalue weighted by atomic mass is 16.5. The molecule has 180 valence electrons. The zero-order valence-corrected chi connectivity index (χ0v) is 19.9. The lowest BCUT2D eigenvalue weighted by Crippen LogP contribution is -2.20. The number of nitrogens with one attached hydrogen (secondary N) is 2. The number of benzene rings is 2. The molecule has 0 aliphatic heterocycles. The van der Waals surface area contributed by atoms with Crippen molar-refractivity contribution in [1.29, 1.82) is 0 Å². The first-order valence-electron chi connectivity index (χ1n) is 11.6. The molecule has 0 bridgehead atoms. The van der Waals surface area contributed by atoms with E-state index in [9.17, 15) is 9.59 Å². The highest BCUT2D eigenvalue weighted by molar-refractivity contribution is 6.02. The van der Waals surface area contributed by atoms with Crippen LogP contribution in [0.4, 0.5) is 16.2 Å². The van der Waals surface area contributed by atoms with Crippen LogP contribution in [0.2, 0.25) is 0 Å². The van der Waals surface area contributed by atoms with E-state index in [0.717, 1.165) is 12.8 Å². The standard InChI is InChI=1S/C26H36N2O5/c1-4-5-6-7-8-9-10-13-18-33-24-15-12-11-14-21(24)27-26(30)28-22-19-20(25(29)32-3)16-17-23(22)31-2/h11-12,14-17,19H,4-10,13,18H2,1-3H3,(H2,27,28,30). The van der Waals surface area contributed by atoms with E-state index in [4.69, 9.17) is 14.2 Å². The van der Waals surface area contributed by atoms with Gasteiger partial charge in [-0.15, -0.1) is 0 Å². The van der Waals surface area contributed by atoms with E-state index in [1.54, 1.807) is 18.2 Å². The Morgan fingerprint density at radius 3 is 2.15 bits per heavy atom. The lowest BCUT2D eigenvalue weighted by atomic mass is 10.1. The van der Waals surface area contributed by atoms with E-state index in [1.165, 1.54) is 58.8 Å². The molecule has 2 rings (SSSR count). The van der Waals surface area contributed by atoms with Crippen molar-refractivity contribution in [2.45, 2.75) is 58.3 Å². The molecule has 7 heteroatoms. The minimum absolute atomic E-state index is 0.308. The molecule has 2 N–H and O–H groups in total. The Hall–Kier alpha value is -3.22. The number of carbonyl (C=O) groups excluding carboxylic acids is 2. The highest BCUT2D eigenvalue weighted by Gasteiger charge is 2.14. The molecule has 0 aromatic heterocycles. The number of carbonyl (C=O) groups is 2. The molecule has 0 fully saturated rings. The SMILES string of the molecule is CCCCCCCCCCOc1ccccc1NC(=O)Nc1cc(C(=O)OC)ccc1OC. The Labute approximate surface area is 196 Å². The largest absolute Gasteiger partial charge is 0.495 e. The number of hydrogen-bond donors (Lipinski definition) is 2. The Bertz CT molecular complexity index is 885. The van der Waals surface area contributed by atoms with Gasteiger partial charge in [0, 0.05) is 0 Å². The second kappa shape index (κ2) is 14.8. The predicted molar refractivity (Wildman–Crippen MR) is 132 cm³/mol. The van der Waals surface area contributed by atoms with Crippen molar-refractivity contribution in [3.8, 4) is 11.5 Å². The van der Waals surface area contributed by atoms with E-state index in [-0.39, 0.29) is 0 Å². The summed E-state index contributed by atoms with van der Waals surface area (Å²) in [5, 5.41) is 5.53. The Kier molecular flexibility index (Phi) is 11.7. The van der Waals surface area contributed by atoms with Crippen LogP contribution in [0.25, 0.3) is 0 Å². The molecule has 0 saturated carbocycles. The fourth-order valence-electron chi connectivity index (χ4n) is 3.44. The smallest absolute Gasteiger partial charge is 0.337 e. The summed E-state index contributed by atoms with van der Waals surface area (Å²) in [7, 11) is 2.79. The number of anilines is 2. The molecule has 0 aliphatic rings. The quantitative estimate of drug-likeness (QED) is 0.246. The molecule has 0 unspecified atom stereocenters. The summed E-state index contributed by atoms with van der Waals surface area (Å²) in [4.78, 5) is 24.4. The Balaban J connectivity index is 1.87. The number of esters is 1. The van der Waals surface area contributed by atoms with Gasteiger partial charge in [-0.2, -0.15) is 0 Å². The van der Waals surface area contributed by atoms with Crippen LogP contribution in [0.1, 0.15) is 68.6 Å². The summed E-state index contributed by atoms with van der Waals surface area (Å²) in [5.74, 6) is 0.545. The van der Waals surface area contributed by atoms with Crippen LogP contribution in [0, 0.1) is 0 Å². The van der Waals surface area contributed by atoms with Crippen LogP contribution in [0.3, 0.4) is 0 Å². The summed E-state index contributed by atoms with van der Waals surface area (Å²) in [6.07, 6.45) is 9.85. The van der Waals surface area contributed by atoms with Crippen LogP contribution in [-0.2, 0) is 4.74 Å². The van der Waals surface area contributed by atoms with E-state index >= 15 is 0 Å². The first-order valence-corrected chi connectivity index (χ1v) is 11.6. The average molecular weight is 457 g/mol. The van der Waals surface area contributed by atoms with E-state index in [1.807, 2.05) is 18.2 Å². The number of unbranched alkanes of at least 4 members (excludes halogenated alkanes) is 7. The summed E-state index contributed by atoms with van der Waals surface area (Å²) >= 11 is 0. The average Bonchev–Trinajstić information content (AvgIpc) is 2.83. The zero-order valence-electron chi connectivity index (χ0n) is 19.9. The van der Waals surface area contributed by atoms with Crippen LogP contribution < -0.4 is 20.1 Å². The minimum Gasteiger partial charge on any atom is -0.495 e. The molecule has 0 radical (unpaired) electrons. The van der Waals surface area contributed by atoms with E-state index in [0.29, 0.717) is 35.0 Å². The van der Waals surface area contributed by atoms with Crippen molar-refractivity contribution < 1.29 is 23.8 Å². The summed E-state index contributed by atoms with van der Waals surface area (Å²) in [6, 6.07) is 11.5. The molecular weight excluding hydrogens is 420 g/mol. The van der Waals surface area contributed by atoms with Gasteiger partial charge in [-0.25, -0.2) is 9.59 Å². The van der Waals surface area contributed by atoms with Crippen molar-refractivity contribution in [1.82, 2.24) is 0 Å². The Morgan fingerprint density at radius 2 is 1.45 bits per heavy atom. The van der Waals surface area contributed by atoms with Gasteiger partial charge in [0.2, 0.25) is 0 Å². The number of methoxy groups -OCH3 is 2. The highest BCUT2D eigenvalue weighted by Crippen LogP contribution is 2.28. The number of rotatable bonds is 14. The molecule has 7 nitrogen and oxygen atoms in total. The van der Waals surface area contributed by atoms with Gasteiger partial charge in [-0.3, -0.25) is 0 Å². The van der Waals surface area contributed by atoms with Crippen LogP contribution in [0.5, 0.6) is 11.5 Å². The van der Waals surface area contributed by atoms with Crippen molar-refractivity contribution in [2.75, 3.05) is 31.5 Å². The minimum atomic E-state index is -0.499. The maximum absolute atomic E-state index is 12.6. The molecule has 0 saturated heterocycles. The number of hydrogen-bond acceptors (Lipinski definition) is 5. The van der Waals surface area contributed by atoms with Gasteiger partial charge < -0.3 is 24.8 Å². The first kappa shape index (κ1) is 26.0. The lowest BCUT2D eigenvalue weighted by Gasteiger charge is -2.15. The van der Waals surface area contributed by atoms with Crippen molar-refractivity contribution in [3.63, 3.8) is 0 Å². The topological polar surface area (TPSA) is 85.9 Å². The number of amides is 2. The van der Waals surface area contributed by atoms with Gasteiger partial charge in [0.15, 0.2) is 0 Å². The van der Waals surface area contributed by atoms with Gasteiger partial charge in [0.25, 0.3) is 0 Å². The molecule has 0 atom stereocenters. The third-order valence-corrected chi connectivity index (χ3v) is 5.26. The fraction of sp³-hybridized carbons (Fsp3) is 0.462. The molecule has 0 spiro atoms. The number of ether oxygens (including phenoxy) is 3. The molecule has 2 amide bonds. The Morgan fingerprint density at radius 1 is 0.788 bits per heavy atom. The summed E-state index contributed by atoms with van der Waals surface area (Å²) in [6.45, 7) is 2.83. The lowest BCUT2D eigenvalue weighted by molar-refractivity contribution is 0.0600. The maximum Gasteiger partial charge on any atom is 0.337 e. The van der Waals surface area contributed by atoms with E-state index in [2.05, 4.69) is 17.6 Å². The van der Waals surface area contributed by atoms with E-state index < -0.39 is 12.0 Å². The van der Waals surface area contributed by atoms with Crippen LogP contribution in [-0.4, -0.2) is 32.8 Å².